The predicted molar refractivity (Wildman–Crippen MR) is 96.3 cm³/mol. The molecule has 0 bridgehead atoms. The number of rotatable bonds is 1. The van der Waals surface area contributed by atoms with Gasteiger partial charge in [0.05, 0.1) is 16.5 Å². The van der Waals surface area contributed by atoms with Gasteiger partial charge in [-0.3, -0.25) is 15.0 Å². The van der Waals surface area contributed by atoms with Crippen molar-refractivity contribution in [3.05, 3.63) is 46.0 Å². The lowest BCUT2D eigenvalue weighted by molar-refractivity contribution is -0.385. The molecule has 1 amide bonds. The smallest absolute Gasteiger partial charge is 0.411 e. The summed E-state index contributed by atoms with van der Waals surface area (Å²) < 4.78 is 11.7. The minimum Gasteiger partial charge on any atom is -0.487 e. The molecule has 3 atom stereocenters. The molecule has 3 rings (SSSR count). The van der Waals surface area contributed by atoms with Gasteiger partial charge in [0.25, 0.3) is 5.69 Å². The molecule has 2 heterocycles. The number of carbonyl (C=O) groups excluding carboxylic acids is 1. The Labute approximate surface area is 152 Å². The Morgan fingerprint density at radius 3 is 2.77 bits per heavy atom. The molecule has 1 aromatic rings. The summed E-state index contributed by atoms with van der Waals surface area (Å²) in [5.41, 5.74) is 0.0464. The molecule has 0 saturated carbocycles. The van der Waals surface area contributed by atoms with E-state index in [1.54, 1.807) is 17.0 Å². The van der Waals surface area contributed by atoms with Gasteiger partial charge in [0.2, 0.25) is 0 Å². The van der Waals surface area contributed by atoms with Crippen LogP contribution in [0.4, 0.5) is 10.5 Å². The zero-order chi connectivity index (χ0) is 19.1. The molecule has 1 saturated heterocycles. The van der Waals surface area contributed by atoms with Gasteiger partial charge >= 0.3 is 6.09 Å². The number of fused-ring (bicyclic) bond motifs is 2. The van der Waals surface area contributed by atoms with Crippen LogP contribution in [0.1, 0.15) is 39.7 Å². The molecule has 1 fully saturated rings. The Hall–Kier alpha value is -2.57. The fourth-order valence-electron chi connectivity index (χ4n) is 3.54. The lowest BCUT2D eigenvalue weighted by atomic mass is 10.0. The Bertz CT molecular complexity index is 753. The van der Waals surface area contributed by atoms with Crippen molar-refractivity contribution in [3.8, 4) is 5.75 Å². The van der Waals surface area contributed by atoms with Gasteiger partial charge in [0, 0.05) is 24.9 Å². The first-order chi connectivity index (χ1) is 12.2. The number of nitro benzene ring substituents is 1. The fourth-order valence-corrected chi connectivity index (χ4v) is 3.54. The number of likely N-dealkylation sites (tertiary alicyclic amines) is 1. The number of ether oxygens (including phenoxy) is 2. The molecule has 2 aliphatic heterocycles. The molecular weight excluding hydrogens is 336 g/mol. The maximum atomic E-state index is 12.6. The molecule has 0 radical (unpaired) electrons. The van der Waals surface area contributed by atoms with E-state index in [1.165, 1.54) is 6.07 Å². The highest BCUT2D eigenvalue weighted by molar-refractivity contribution is 5.70. The largest absolute Gasteiger partial charge is 0.487 e. The number of allylic oxidation sites excluding steroid dienone is 1. The van der Waals surface area contributed by atoms with Crippen molar-refractivity contribution >= 4 is 11.8 Å². The van der Waals surface area contributed by atoms with Crippen LogP contribution >= 0.6 is 0 Å². The normalized spacial score (nSPS) is 26.0. The lowest BCUT2D eigenvalue weighted by Gasteiger charge is -2.31. The van der Waals surface area contributed by atoms with Crippen molar-refractivity contribution in [2.24, 2.45) is 0 Å². The SMILES string of the molecule is C[C@@H]1C[C@@H]2Oc3cccc([N+](=O)[O-])c3C/C=C\[C@H]2N1C(=O)OC(C)(C)C. The molecular formula is C19H24N2O5. The van der Waals surface area contributed by atoms with E-state index < -0.39 is 5.60 Å². The molecule has 26 heavy (non-hydrogen) atoms. The molecule has 0 aliphatic carbocycles. The van der Waals surface area contributed by atoms with Crippen molar-refractivity contribution in [2.75, 3.05) is 0 Å². The Balaban J connectivity index is 1.90. The van der Waals surface area contributed by atoms with Crippen LogP contribution in [0.25, 0.3) is 0 Å². The van der Waals surface area contributed by atoms with Crippen molar-refractivity contribution in [2.45, 2.75) is 64.3 Å². The van der Waals surface area contributed by atoms with Gasteiger partial charge in [-0.25, -0.2) is 4.79 Å². The van der Waals surface area contributed by atoms with Crippen LogP contribution < -0.4 is 4.74 Å². The van der Waals surface area contributed by atoms with Gasteiger partial charge < -0.3 is 9.47 Å². The number of hydrogen-bond acceptors (Lipinski definition) is 5. The third-order valence-electron chi connectivity index (χ3n) is 4.59. The highest BCUT2D eigenvalue weighted by Crippen LogP contribution is 2.36. The standard InChI is InChI=1S/C19H24N2O5/c1-12-11-17-15(20(12)18(22)26-19(2,3)4)9-5-7-13-14(21(23)24)8-6-10-16(13)25-17/h5-6,8-10,12,15,17H,7,11H2,1-4H3/b9-5-/t12-,15-,17+/m1/s1. The van der Waals surface area contributed by atoms with Crippen molar-refractivity contribution < 1.29 is 19.2 Å². The monoisotopic (exact) mass is 360 g/mol. The quantitative estimate of drug-likeness (QED) is 0.431. The van der Waals surface area contributed by atoms with Gasteiger partial charge in [-0.05, 0) is 33.8 Å². The molecule has 7 nitrogen and oxygen atoms in total. The van der Waals surface area contributed by atoms with Crippen LogP contribution in [0, 0.1) is 10.1 Å². The minimum atomic E-state index is -0.575. The molecule has 2 aliphatic rings. The summed E-state index contributed by atoms with van der Waals surface area (Å²) in [6, 6.07) is 4.55. The van der Waals surface area contributed by atoms with E-state index in [0.717, 1.165) is 0 Å². The number of nitro groups is 1. The Kier molecular flexibility index (Phi) is 4.64. The van der Waals surface area contributed by atoms with Crippen LogP contribution in [0.3, 0.4) is 0 Å². The number of carbonyl (C=O) groups is 1. The van der Waals surface area contributed by atoms with Crippen LogP contribution in [-0.2, 0) is 11.2 Å². The molecule has 1 aromatic carbocycles. The second kappa shape index (κ2) is 6.63. The van der Waals surface area contributed by atoms with E-state index in [4.69, 9.17) is 9.47 Å². The summed E-state index contributed by atoms with van der Waals surface area (Å²) in [4.78, 5) is 25.2. The fraction of sp³-hybridized carbons (Fsp3) is 0.526. The van der Waals surface area contributed by atoms with E-state index >= 15 is 0 Å². The number of nitrogens with zero attached hydrogens (tertiary/aromatic N) is 2. The highest BCUT2D eigenvalue weighted by atomic mass is 16.6. The second-order valence-electron chi connectivity index (χ2n) is 7.76. The first-order valence-electron chi connectivity index (χ1n) is 8.78. The maximum absolute atomic E-state index is 12.6. The summed E-state index contributed by atoms with van der Waals surface area (Å²) >= 11 is 0. The zero-order valence-electron chi connectivity index (χ0n) is 15.5. The molecule has 7 heteroatoms. The first kappa shape index (κ1) is 18.2. The summed E-state index contributed by atoms with van der Waals surface area (Å²) in [6.45, 7) is 7.47. The van der Waals surface area contributed by atoms with Crippen molar-refractivity contribution in [1.29, 1.82) is 0 Å². The zero-order valence-corrected chi connectivity index (χ0v) is 15.5. The number of benzene rings is 1. The van der Waals surface area contributed by atoms with E-state index in [2.05, 4.69) is 0 Å². The minimum absolute atomic E-state index is 0.0512. The maximum Gasteiger partial charge on any atom is 0.411 e. The highest BCUT2D eigenvalue weighted by Gasteiger charge is 2.44. The van der Waals surface area contributed by atoms with Crippen LogP contribution in [0.15, 0.2) is 30.4 Å². The van der Waals surface area contributed by atoms with Crippen LogP contribution in [-0.4, -0.2) is 39.7 Å². The Morgan fingerprint density at radius 2 is 2.12 bits per heavy atom. The average molecular weight is 360 g/mol. The van der Waals surface area contributed by atoms with Crippen LogP contribution in [0.5, 0.6) is 5.75 Å². The summed E-state index contributed by atoms with van der Waals surface area (Å²) in [5, 5.41) is 11.3. The van der Waals surface area contributed by atoms with E-state index in [-0.39, 0.29) is 34.9 Å². The molecule has 0 aromatic heterocycles. The molecule has 140 valence electrons. The number of hydrogen-bond donors (Lipinski definition) is 0. The molecule has 0 unspecified atom stereocenters. The average Bonchev–Trinajstić information content (AvgIpc) is 2.79. The summed E-state index contributed by atoms with van der Waals surface area (Å²) in [5.74, 6) is 0.511. The van der Waals surface area contributed by atoms with Crippen molar-refractivity contribution in [3.63, 3.8) is 0 Å². The van der Waals surface area contributed by atoms with E-state index in [0.29, 0.717) is 24.2 Å². The van der Waals surface area contributed by atoms with Gasteiger partial charge in [0.15, 0.2) is 0 Å². The Morgan fingerprint density at radius 1 is 1.38 bits per heavy atom. The lowest BCUT2D eigenvalue weighted by Crippen LogP contribution is -2.45. The van der Waals surface area contributed by atoms with Crippen LogP contribution in [0.2, 0.25) is 0 Å². The van der Waals surface area contributed by atoms with Crippen molar-refractivity contribution in [1.82, 2.24) is 4.90 Å². The van der Waals surface area contributed by atoms with Gasteiger partial charge in [-0.15, -0.1) is 0 Å². The summed E-state index contributed by atoms with van der Waals surface area (Å²) in [6.07, 6.45) is 4.15. The third kappa shape index (κ3) is 3.52. The topological polar surface area (TPSA) is 81.9 Å². The van der Waals surface area contributed by atoms with E-state index in [9.17, 15) is 14.9 Å². The third-order valence-corrected chi connectivity index (χ3v) is 4.59. The number of amides is 1. The molecule has 0 N–H and O–H groups in total. The second-order valence-corrected chi connectivity index (χ2v) is 7.76. The first-order valence-corrected chi connectivity index (χ1v) is 8.78. The van der Waals surface area contributed by atoms with Gasteiger partial charge in [-0.1, -0.05) is 18.2 Å². The van der Waals surface area contributed by atoms with Gasteiger partial charge in [0.1, 0.15) is 17.5 Å². The van der Waals surface area contributed by atoms with Gasteiger partial charge in [-0.2, -0.15) is 0 Å². The summed E-state index contributed by atoms with van der Waals surface area (Å²) in [7, 11) is 0. The molecule has 0 spiro atoms. The van der Waals surface area contributed by atoms with E-state index in [1.807, 2.05) is 39.8 Å². The predicted octanol–water partition coefficient (Wildman–Crippen LogP) is 3.85.